The molecule has 0 saturated heterocycles. The molecule has 0 atom stereocenters. The van der Waals surface area contributed by atoms with Gasteiger partial charge in [-0.3, -0.25) is 0 Å². The summed E-state index contributed by atoms with van der Waals surface area (Å²) in [5.74, 6) is 0.835. The van der Waals surface area contributed by atoms with Gasteiger partial charge in [-0.1, -0.05) is 88.0 Å². The SMILES string of the molecule is C[Si]c1cc(Nc2cc(C(C)C)c3ccc4c(N)cc(C(C)C)c5ccc2c3c45)cc([Si](C)C)c1. The first-order valence-corrected chi connectivity index (χ1v) is 16.6. The molecule has 0 saturated carbocycles. The molecule has 0 aliphatic rings. The summed E-state index contributed by atoms with van der Waals surface area (Å²) in [7, 11) is 0.263. The maximum Gasteiger partial charge on any atom is 0.0792 e. The van der Waals surface area contributed by atoms with E-state index in [1.54, 1.807) is 0 Å². The van der Waals surface area contributed by atoms with Crippen LogP contribution in [0.25, 0.3) is 32.3 Å². The van der Waals surface area contributed by atoms with Crippen molar-refractivity contribution in [1.82, 2.24) is 0 Å². The van der Waals surface area contributed by atoms with E-state index < -0.39 is 8.80 Å². The van der Waals surface area contributed by atoms with Crippen LogP contribution in [-0.4, -0.2) is 18.3 Å². The number of hydrogen-bond acceptors (Lipinski definition) is 2. The molecule has 0 aromatic heterocycles. The molecule has 0 fully saturated rings. The maximum atomic E-state index is 6.63. The van der Waals surface area contributed by atoms with Gasteiger partial charge >= 0.3 is 0 Å². The standard InChI is InChI=1S/C31H35N2Si2/c1-17(2)26-15-28(32)24-10-8-23-27(18(3)4)16-29(25-11-9-22(26)30(24)31(23)25)33-19-12-20(34-5)14-21(13-19)35(6)7/h8-18,33H,32H2,1-7H3. The molecule has 0 aliphatic heterocycles. The van der Waals surface area contributed by atoms with Crippen LogP contribution in [0.5, 0.6) is 0 Å². The fourth-order valence-electron chi connectivity index (χ4n) is 5.42. The quantitative estimate of drug-likeness (QED) is 0.147. The molecule has 5 aromatic rings. The van der Waals surface area contributed by atoms with E-state index in [4.69, 9.17) is 5.73 Å². The molecule has 5 rings (SSSR count). The van der Waals surface area contributed by atoms with E-state index in [1.165, 1.54) is 59.8 Å². The molecular weight excluding hydrogens is 457 g/mol. The van der Waals surface area contributed by atoms with Gasteiger partial charge in [0, 0.05) is 27.8 Å². The van der Waals surface area contributed by atoms with Crippen molar-refractivity contribution in [3.8, 4) is 0 Å². The fourth-order valence-corrected chi connectivity index (χ4v) is 7.06. The van der Waals surface area contributed by atoms with Crippen LogP contribution in [0.2, 0.25) is 19.6 Å². The Bertz CT molecular complexity index is 1550. The molecule has 177 valence electrons. The topological polar surface area (TPSA) is 38.0 Å². The van der Waals surface area contributed by atoms with Gasteiger partial charge in [-0.05, 0) is 68.8 Å². The van der Waals surface area contributed by atoms with Gasteiger partial charge in [0.15, 0.2) is 0 Å². The van der Waals surface area contributed by atoms with Crippen molar-refractivity contribution in [1.29, 1.82) is 0 Å². The number of rotatable bonds is 6. The molecule has 0 unspecified atom stereocenters. The number of nitrogens with one attached hydrogen (secondary N) is 1. The van der Waals surface area contributed by atoms with Crippen LogP contribution in [-0.2, 0) is 0 Å². The van der Waals surface area contributed by atoms with Gasteiger partial charge in [-0.25, -0.2) is 0 Å². The Morgan fingerprint density at radius 3 is 1.91 bits per heavy atom. The summed E-state index contributed by atoms with van der Waals surface area (Å²) in [5, 5.41) is 14.5. The number of nitrogen functional groups attached to an aromatic ring is 1. The van der Waals surface area contributed by atoms with Crippen LogP contribution in [0.4, 0.5) is 17.1 Å². The van der Waals surface area contributed by atoms with Crippen LogP contribution in [0, 0.1) is 0 Å². The molecule has 5 aromatic carbocycles. The van der Waals surface area contributed by atoms with Crippen molar-refractivity contribution in [3.05, 3.63) is 65.7 Å². The van der Waals surface area contributed by atoms with Gasteiger partial charge < -0.3 is 11.1 Å². The fraction of sp³-hybridized carbons (Fsp3) is 0.290. The minimum atomic E-state index is -0.528. The van der Waals surface area contributed by atoms with E-state index in [2.05, 4.69) is 107 Å². The normalized spacial score (nSPS) is 12.3. The molecule has 0 aliphatic carbocycles. The molecular formula is C31H35N2Si2. The Morgan fingerprint density at radius 1 is 0.743 bits per heavy atom. The van der Waals surface area contributed by atoms with Crippen LogP contribution in [0.1, 0.15) is 50.7 Å². The van der Waals surface area contributed by atoms with Crippen LogP contribution < -0.4 is 21.4 Å². The maximum absolute atomic E-state index is 6.63. The number of anilines is 3. The van der Waals surface area contributed by atoms with E-state index in [-0.39, 0.29) is 0 Å². The van der Waals surface area contributed by atoms with Gasteiger partial charge in [-0.2, -0.15) is 0 Å². The second-order valence-corrected chi connectivity index (χ2v) is 14.3. The summed E-state index contributed by atoms with van der Waals surface area (Å²) in [6, 6.07) is 20.8. The Kier molecular flexibility index (Phi) is 6.14. The van der Waals surface area contributed by atoms with E-state index in [1.807, 2.05) is 0 Å². The molecule has 35 heavy (non-hydrogen) atoms. The summed E-state index contributed by atoms with van der Waals surface area (Å²) >= 11 is 0. The van der Waals surface area contributed by atoms with Gasteiger partial charge in [0.2, 0.25) is 0 Å². The van der Waals surface area contributed by atoms with Crippen molar-refractivity contribution < 1.29 is 0 Å². The lowest BCUT2D eigenvalue weighted by Crippen LogP contribution is -2.28. The van der Waals surface area contributed by atoms with E-state index in [0.29, 0.717) is 11.8 Å². The van der Waals surface area contributed by atoms with E-state index in [9.17, 15) is 0 Å². The zero-order valence-corrected chi connectivity index (χ0v) is 23.9. The molecule has 0 bridgehead atoms. The van der Waals surface area contributed by atoms with Crippen molar-refractivity contribution in [2.24, 2.45) is 0 Å². The second-order valence-electron chi connectivity index (χ2n) is 10.6. The highest BCUT2D eigenvalue weighted by molar-refractivity contribution is 6.71. The predicted octanol–water partition coefficient (Wildman–Crippen LogP) is 7.50. The monoisotopic (exact) mass is 491 g/mol. The number of hydrogen-bond donors (Lipinski definition) is 2. The molecule has 2 nitrogen and oxygen atoms in total. The zero-order chi connectivity index (χ0) is 25.0. The highest BCUT2D eigenvalue weighted by atomic mass is 28.3. The van der Waals surface area contributed by atoms with E-state index >= 15 is 0 Å². The molecule has 0 heterocycles. The van der Waals surface area contributed by atoms with Crippen molar-refractivity contribution in [2.45, 2.75) is 59.2 Å². The highest BCUT2D eigenvalue weighted by Crippen LogP contribution is 2.45. The Morgan fingerprint density at radius 2 is 1.31 bits per heavy atom. The third-order valence-electron chi connectivity index (χ3n) is 7.32. The average Bonchev–Trinajstić information content (AvgIpc) is 2.83. The van der Waals surface area contributed by atoms with Crippen molar-refractivity contribution >= 4 is 78.1 Å². The molecule has 0 amide bonds. The van der Waals surface area contributed by atoms with Crippen LogP contribution in [0.15, 0.2) is 54.6 Å². The summed E-state index contributed by atoms with van der Waals surface area (Å²) in [6.45, 7) is 16.1. The van der Waals surface area contributed by atoms with Gasteiger partial charge in [0.05, 0.1) is 18.3 Å². The van der Waals surface area contributed by atoms with Gasteiger partial charge in [-0.15, -0.1) is 0 Å². The summed E-state index contributed by atoms with van der Waals surface area (Å²) in [6.07, 6.45) is 0. The number of benzene rings is 5. The Labute approximate surface area is 213 Å². The predicted molar refractivity (Wildman–Crippen MR) is 161 cm³/mol. The highest BCUT2D eigenvalue weighted by Gasteiger charge is 2.20. The summed E-state index contributed by atoms with van der Waals surface area (Å²) in [4.78, 5) is 0. The largest absolute Gasteiger partial charge is 0.398 e. The lowest BCUT2D eigenvalue weighted by Gasteiger charge is -2.22. The number of nitrogens with two attached hydrogens (primary N) is 1. The van der Waals surface area contributed by atoms with Crippen molar-refractivity contribution in [3.63, 3.8) is 0 Å². The first kappa shape index (κ1) is 23.9. The lowest BCUT2D eigenvalue weighted by molar-refractivity contribution is 0.876. The minimum absolute atomic E-state index is 0.416. The first-order chi connectivity index (χ1) is 16.7. The van der Waals surface area contributed by atoms with Gasteiger partial charge in [0.25, 0.3) is 0 Å². The molecule has 0 spiro atoms. The van der Waals surface area contributed by atoms with Gasteiger partial charge in [0.1, 0.15) is 0 Å². The summed E-state index contributed by atoms with van der Waals surface area (Å²) < 4.78 is 0. The van der Waals surface area contributed by atoms with Crippen LogP contribution in [0.3, 0.4) is 0 Å². The Hall–Kier alpha value is -2.83. The minimum Gasteiger partial charge on any atom is -0.398 e. The van der Waals surface area contributed by atoms with Crippen LogP contribution >= 0.6 is 0 Å². The smallest absolute Gasteiger partial charge is 0.0792 e. The zero-order valence-electron chi connectivity index (χ0n) is 21.9. The third kappa shape index (κ3) is 4.03. The van der Waals surface area contributed by atoms with Crippen molar-refractivity contribution in [2.75, 3.05) is 11.1 Å². The third-order valence-corrected chi connectivity index (χ3v) is 9.63. The molecule has 3 radical (unpaired) electrons. The van der Waals surface area contributed by atoms with E-state index in [0.717, 1.165) is 20.6 Å². The molecule has 4 heteroatoms. The second kappa shape index (κ2) is 8.99. The summed E-state index contributed by atoms with van der Waals surface area (Å²) in [5.41, 5.74) is 12.6. The lowest BCUT2D eigenvalue weighted by atomic mass is 9.84. The Balaban J connectivity index is 1.84. The first-order valence-electron chi connectivity index (χ1n) is 12.6. The molecule has 3 N–H and O–H groups in total. The average molecular weight is 492 g/mol.